The van der Waals surface area contributed by atoms with Crippen molar-refractivity contribution in [3.8, 4) is 0 Å². The molecule has 0 N–H and O–H groups in total. The molecule has 6 heteroatoms. The lowest BCUT2D eigenvalue weighted by atomic mass is 9.73. The lowest BCUT2D eigenvalue weighted by molar-refractivity contribution is -0.288. The summed E-state index contributed by atoms with van der Waals surface area (Å²) >= 11 is 0. The quantitative estimate of drug-likeness (QED) is 0.245. The van der Waals surface area contributed by atoms with Crippen molar-refractivity contribution in [2.75, 3.05) is 0 Å². The van der Waals surface area contributed by atoms with Gasteiger partial charge in [0.1, 0.15) is 0 Å². The molecule has 0 aliphatic rings. The molecule has 4 aromatic carbocycles. The molecule has 4 rings (SSSR count). The zero-order chi connectivity index (χ0) is 26.5. The van der Waals surface area contributed by atoms with E-state index in [1.807, 2.05) is 0 Å². The molecule has 0 atom stereocenters. The highest BCUT2D eigenvalue weighted by molar-refractivity contribution is 5.44. The van der Waals surface area contributed by atoms with Gasteiger partial charge in [-0.05, 0) is 22.3 Å². The van der Waals surface area contributed by atoms with Gasteiger partial charge in [0.25, 0.3) is 0 Å². The first-order valence-corrected chi connectivity index (χ1v) is 11.3. The van der Waals surface area contributed by atoms with Gasteiger partial charge < -0.3 is 0 Å². The predicted molar refractivity (Wildman–Crippen MR) is 131 cm³/mol. The Bertz CT molecular complexity index is 1100. The van der Waals surface area contributed by atoms with E-state index in [0.29, 0.717) is 0 Å². The third-order valence-corrected chi connectivity index (χ3v) is 6.25. The summed E-state index contributed by atoms with van der Waals surface area (Å²) in [7, 11) is 0. The summed E-state index contributed by atoms with van der Waals surface area (Å²) in [4.78, 5) is 0. The molecule has 0 aromatic heterocycles. The van der Waals surface area contributed by atoms with E-state index in [1.54, 1.807) is 0 Å². The zero-order valence-corrected chi connectivity index (χ0v) is 19.8. The standard InChI is InChI=1S/C15H10F6.C15H16/c16-14(17,18)13(15(19,20)21,11-7-3-1-4-8-11)12-9-5-2-6-10-12;1-15(2,13-9-5-3-6-10-13)14-11-7-4-8-12-14/h1-10H;3-12H,1-2H3. The summed E-state index contributed by atoms with van der Waals surface area (Å²) in [5.41, 5.74) is -2.94. The first-order chi connectivity index (χ1) is 16.9. The molecule has 0 bridgehead atoms. The molecule has 0 unspecified atom stereocenters. The van der Waals surface area contributed by atoms with E-state index in [2.05, 4.69) is 74.5 Å². The Morgan fingerprint density at radius 3 is 0.806 bits per heavy atom. The van der Waals surface area contributed by atoms with E-state index in [4.69, 9.17) is 0 Å². The monoisotopic (exact) mass is 500 g/mol. The second kappa shape index (κ2) is 10.6. The van der Waals surface area contributed by atoms with Gasteiger partial charge in [-0.25, -0.2) is 0 Å². The highest BCUT2D eigenvalue weighted by Crippen LogP contribution is 2.55. The van der Waals surface area contributed by atoms with Crippen molar-refractivity contribution in [3.05, 3.63) is 144 Å². The molecule has 0 fully saturated rings. The molecule has 0 aliphatic heterocycles. The Hall–Kier alpha value is -3.54. The minimum absolute atomic E-state index is 0.0858. The van der Waals surface area contributed by atoms with Gasteiger partial charge in [0.2, 0.25) is 5.41 Å². The first-order valence-electron chi connectivity index (χ1n) is 11.3. The number of rotatable bonds is 4. The second-order valence-electron chi connectivity index (χ2n) is 8.83. The van der Waals surface area contributed by atoms with Crippen LogP contribution >= 0.6 is 0 Å². The first kappa shape index (κ1) is 27.1. The van der Waals surface area contributed by atoms with Crippen LogP contribution in [0.25, 0.3) is 0 Å². The normalized spacial score (nSPS) is 12.4. The minimum Gasteiger partial charge on any atom is -0.169 e. The lowest BCUT2D eigenvalue weighted by Crippen LogP contribution is -2.54. The molecule has 0 radical (unpaired) electrons. The number of halogens is 6. The van der Waals surface area contributed by atoms with Crippen LogP contribution in [0.4, 0.5) is 26.3 Å². The molecule has 0 spiro atoms. The molecule has 0 nitrogen and oxygen atoms in total. The number of hydrogen-bond donors (Lipinski definition) is 0. The summed E-state index contributed by atoms with van der Waals surface area (Å²) in [5, 5.41) is 0. The summed E-state index contributed by atoms with van der Waals surface area (Å²) in [5.74, 6) is 0. The molecule has 4 aromatic rings. The summed E-state index contributed by atoms with van der Waals surface area (Å²) in [6, 6.07) is 32.0. The molecule has 0 saturated heterocycles. The van der Waals surface area contributed by atoms with Crippen molar-refractivity contribution < 1.29 is 26.3 Å². The van der Waals surface area contributed by atoms with Crippen LogP contribution in [0, 0.1) is 0 Å². The maximum Gasteiger partial charge on any atom is 0.411 e. The maximum absolute atomic E-state index is 13.5. The van der Waals surface area contributed by atoms with Crippen LogP contribution in [0.2, 0.25) is 0 Å². The van der Waals surface area contributed by atoms with Crippen molar-refractivity contribution in [1.29, 1.82) is 0 Å². The van der Waals surface area contributed by atoms with Gasteiger partial charge in [0.05, 0.1) is 0 Å². The number of alkyl halides is 6. The molecular formula is C30H26F6. The average Bonchev–Trinajstić information content (AvgIpc) is 2.85. The Morgan fingerprint density at radius 2 is 0.583 bits per heavy atom. The van der Waals surface area contributed by atoms with E-state index in [-0.39, 0.29) is 5.41 Å². The third-order valence-electron chi connectivity index (χ3n) is 6.25. The highest BCUT2D eigenvalue weighted by atomic mass is 19.4. The minimum atomic E-state index is -5.52. The van der Waals surface area contributed by atoms with E-state index < -0.39 is 28.9 Å². The van der Waals surface area contributed by atoms with Crippen molar-refractivity contribution in [2.45, 2.75) is 37.0 Å². The van der Waals surface area contributed by atoms with Crippen LogP contribution in [0.1, 0.15) is 36.1 Å². The maximum atomic E-state index is 13.5. The second-order valence-corrected chi connectivity index (χ2v) is 8.83. The zero-order valence-electron chi connectivity index (χ0n) is 19.8. The average molecular weight is 501 g/mol. The van der Waals surface area contributed by atoms with Gasteiger partial charge in [-0.1, -0.05) is 135 Å². The Morgan fingerprint density at radius 1 is 0.361 bits per heavy atom. The van der Waals surface area contributed by atoms with Crippen LogP contribution in [0.5, 0.6) is 0 Å². The molecule has 36 heavy (non-hydrogen) atoms. The van der Waals surface area contributed by atoms with E-state index >= 15 is 0 Å². The fourth-order valence-corrected chi connectivity index (χ4v) is 4.23. The topological polar surface area (TPSA) is 0 Å². The molecule has 0 heterocycles. The van der Waals surface area contributed by atoms with E-state index in [0.717, 1.165) is 48.5 Å². The van der Waals surface area contributed by atoms with Gasteiger partial charge in [-0.15, -0.1) is 0 Å². The molecular weight excluding hydrogens is 474 g/mol. The van der Waals surface area contributed by atoms with Gasteiger partial charge in [0, 0.05) is 5.41 Å². The predicted octanol–water partition coefficient (Wildman–Crippen LogP) is 9.11. The van der Waals surface area contributed by atoms with Crippen LogP contribution in [0.3, 0.4) is 0 Å². The Balaban J connectivity index is 0.000000212. The van der Waals surface area contributed by atoms with E-state index in [9.17, 15) is 26.3 Å². The SMILES string of the molecule is CC(C)(c1ccccc1)c1ccccc1.FC(F)(F)C(c1ccccc1)(c1ccccc1)C(F)(F)F. The smallest absolute Gasteiger partial charge is 0.169 e. The van der Waals surface area contributed by atoms with Gasteiger partial charge in [-0.2, -0.15) is 26.3 Å². The fraction of sp³-hybridized carbons (Fsp3) is 0.200. The molecule has 188 valence electrons. The fourth-order valence-electron chi connectivity index (χ4n) is 4.23. The largest absolute Gasteiger partial charge is 0.411 e. The van der Waals surface area contributed by atoms with Crippen LogP contribution in [0.15, 0.2) is 121 Å². The summed E-state index contributed by atoms with van der Waals surface area (Å²) < 4.78 is 81.1. The van der Waals surface area contributed by atoms with Gasteiger partial charge in [0.15, 0.2) is 0 Å². The number of hydrogen-bond acceptors (Lipinski definition) is 0. The van der Waals surface area contributed by atoms with Crippen LogP contribution in [-0.2, 0) is 10.8 Å². The third kappa shape index (κ3) is 5.32. The van der Waals surface area contributed by atoms with Crippen molar-refractivity contribution >= 4 is 0 Å². The Labute approximate surface area is 207 Å². The van der Waals surface area contributed by atoms with Crippen molar-refractivity contribution in [1.82, 2.24) is 0 Å². The highest BCUT2D eigenvalue weighted by Gasteiger charge is 2.72. The van der Waals surface area contributed by atoms with Crippen LogP contribution in [-0.4, -0.2) is 12.4 Å². The summed E-state index contributed by atoms with van der Waals surface area (Å²) in [6.07, 6.45) is -11.0. The van der Waals surface area contributed by atoms with Crippen molar-refractivity contribution in [3.63, 3.8) is 0 Å². The van der Waals surface area contributed by atoms with Gasteiger partial charge >= 0.3 is 12.4 Å². The van der Waals surface area contributed by atoms with Gasteiger partial charge in [-0.3, -0.25) is 0 Å². The molecule has 0 amide bonds. The number of benzene rings is 4. The molecule has 0 saturated carbocycles. The van der Waals surface area contributed by atoms with Crippen molar-refractivity contribution in [2.24, 2.45) is 0 Å². The van der Waals surface area contributed by atoms with E-state index in [1.165, 1.54) is 23.3 Å². The van der Waals surface area contributed by atoms with Crippen LogP contribution < -0.4 is 0 Å². The summed E-state index contributed by atoms with van der Waals surface area (Å²) in [6.45, 7) is 4.52. The lowest BCUT2D eigenvalue weighted by Gasteiger charge is -2.38. The Kier molecular flexibility index (Phi) is 7.97. The molecule has 0 aliphatic carbocycles.